The Morgan fingerprint density at radius 2 is 2.11 bits per heavy atom. The first-order chi connectivity index (χ1) is 12.7. The molecule has 27 heavy (non-hydrogen) atoms. The third-order valence-electron chi connectivity index (χ3n) is 3.25. The molecule has 0 atom stereocenters. The SMILES string of the molecule is COC(=O)c1nn(-c2nc(-c3cccs3)cc(C(F)(F)F)n2)cc1[N+](=O)[O-]. The molecule has 9 nitrogen and oxygen atoms in total. The lowest BCUT2D eigenvalue weighted by Gasteiger charge is -2.09. The zero-order valence-electron chi connectivity index (χ0n) is 13.3. The number of methoxy groups -OCH3 is 1. The molecule has 0 saturated carbocycles. The van der Waals surface area contributed by atoms with Crippen molar-refractivity contribution in [1.82, 2.24) is 19.7 Å². The average molecular weight is 399 g/mol. The Labute approximate surface area is 152 Å². The van der Waals surface area contributed by atoms with Gasteiger partial charge in [0, 0.05) is 0 Å². The molecular formula is C14H8F3N5O4S. The van der Waals surface area contributed by atoms with E-state index in [0.29, 0.717) is 9.56 Å². The molecule has 0 aliphatic heterocycles. The molecule has 0 aliphatic carbocycles. The molecule has 13 heteroatoms. The molecule has 3 heterocycles. The van der Waals surface area contributed by atoms with E-state index in [-0.39, 0.29) is 5.69 Å². The van der Waals surface area contributed by atoms with Crippen molar-refractivity contribution in [3.8, 4) is 16.5 Å². The number of hydrogen-bond acceptors (Lipinski definition) is 8. The van der Waals surface area contributed by atoms with Crippen LogP contribution < -0.4 is 0 Å². The fourth-order valence-corrected chi connectivity index (χ4v) is 2.76. The number of ether oxygens (including phenoxy) is 1. The van der Waals surface area contributed by atoms with E-state index in [4.69, 9.17) is 0 Å². The van der Waals surface area contributed by atoms with Crippen LogP contribution in [0.5, 0.6) is 0 Å². The van der Waals surface area contributed by atoms with Crippen LogP contribution in [-0.4, -0.2) is 37.8 Å². The highest BCUT2D eigenvalue weighted by atomic mass is 32.1. The molecule has 0 amide bonds. The molecule has 3 aromatic rings. The number of rotatable bonds is 4. The van der Waals surface area contributed by atoms with Gasteiger partial charge in [-0.3, -0.25) is 10.1 Å². The summed E-state index contributed by atoms with van der Waals surface area (Å²) in [5.41, 5.74) is -2.73. The molecule has 0 N–H and O–H groups in total. The number of esters is 1. The second-order valence-electron chi connectivity index (χ2n) is 4.97. The van der Waals surface area contributed by atoms with Crippen LogP contribution in [-0.2, 0) is 10.9 Å². The predicted octanol–water partition coefficient (Wildman–Crippen LogP) is 3.10. The molecule has 0 fully saturated rings. The summed E-state index contributed by atoms with van der Waals surface area (Å²) in [5, 5.41) is 16.4. The van der Waals surface area contributed by atoms with E-state index in [2.05, 4.69) is 19.8 Å². The van der Waals surface area contributed by atoms with Gasteiger partial charge >= 0.3 is 17.8 Å². The molecule has 3 rings (SSSR count). The van der Waals surface area contributed by atoms with Gasteiger partial charge in [-0.2, -0.15) is 23.0 Å². The summed E-state index contributed by atoms with van der Waals surface area (Å²) in [5.74, 6) is -1.70. The summed E-state index contributed by atoms with van der Waals surface area (Å²) < 4.78 is 44.6. The topological polar surface area (TPSA) is 113 Å². The Kier molecular flexibility index (Phi) is 4.61. The number of halogens is 3. The summed E-state index contributed by atoms with van der Waals surface area (Å²) >= 11 is 1.15. The van der Waals surface area contributed by atoms with Crippen molar-refractivity contribution in [2.24, 2.45) is 0 Å². The smallest absolute Gasteiger partial charge is 0.433 e. The summed E-state index contributed by atoms with van der Waals surface area (Å²) in [4.78, 5) is 29.6. The van der Waals surface area contributed by atoms with E-state index in [1.807, 2.05) is 0 Å². The zero-order valence-corrected chi connectivity index (χ0v) is 14.1. The van der Waals surface area contributed by atoms with E-state index in [0.717, 1.165) is 30.7 Å². The molecule has 0 bridgehead atoms. The quantitative estimate of drug-likeness (QED) is 0.376. The van der Waals surface area contributed by atoms with Crippen LogP contribution in [0.25, 0.3) is 16.5 Å². The van der Waals surface area contributed by atoms with E-state index >= 15 is 0 Å². The lowest BCUT2D eigenvalue weighted by atomic mass is 10.3. The Morgan fingerprint density at radius 1 is 1.37 bits per heavy atom. The summed E-state index contributed by atoms with van der Waals surface area (Å²) in [6.07, 6.45) is -4.03. The Hall–Kier alpha value is -3.35. The van der Waals surface area contributed by atoms with E-state index in [1.165, 1.54) is 0 Å². The van der Waals surface area contributed by atoms with Crippen molar-refractivity contribution >= 4 is 23.0 Å². The van der Waals surface area contributed by atoms with Gasteiger partial charge in [0.1, 0.15) is 6.20 Å². The number of aromatic nitrogens is 4. The summed E-state index contributed by atoms with van der Waals surface area (Å²) in [7, 11) is 0.987. The molecule has 140 valence electrons. The second-order valence-corrected chi connectivity index (χ2v) is 5.92. The lowest BCUT2D eigenvalue weighted by molar-refractivity contribution is -0.385. The van der Waals surface area contributed by atoms with Gasteiger partial charge in [0.15, 0.2) is 5.69 Å². The van der Waals surface area contributed by atoms with Gasteiger partial charge in [0.05, 0.1) is 22.6 Å². The van der Waals surface area contributed by atoms with Crippen molar-refractivity contribution in [1.29, 1.82) is 0 Å². The van der Waals surface area contributed by atoms with E-state index in [1.54, 1.807) is 17.5 Å². The Balaban J connectivity index is 2.21. The fourth-order valence-electron chi connectivity index (χ4n) is 2.08. The average Bonchev–Trinajstić information content (AvgIpc) is 3.29. The van der Waals surface area contributed by atoms with Crippen molar-refractivity contribution < 1.29 is 27.6 Å². The number of nitro groups is 1. The maximum absolute atomic E-state index is 13.2. The van der Waals surface area contributed by atoms with Crippen LogP contribution in [0.4, 0.5) is 18.9 Å². The fraction of sp³-hybridized carbons (Fsp3) is 0.143. The molecule has 0 aromatic carbocycles. The minimum atomic E-state index is -4.78. The van der Waals surface area contributed by atoms with Crippen LogP contribution in [0, 0.1) is 10.1 Å². The number of carbonyl (C=O) groups is 1. The van der Waals surface area contributed by atoms with E-state index in [9.17, 15) is 28.1 Å². The third kappa shape index (κ3) is 3.62. The van der Waals surface area contributed by atoms with Gasteiger partial charge in [-0.1, -0.05) is 6.07 Å². The van der Waals surface area contributed by atoms with Gasteiger partial charge in [0.25, 0.3) is 5.95 Å². The number of hydrogen-bond donors (Lipinski definition) is 0. The molecule has 0 aliphatic rings. The Morgan fingerprint density at radius 3 is 2.67 bits per heavy atom. The lowest BCUT2D eigenvalue weighted by Crippen LogP contribution is -2.13. The molecule has 0 radical (unpaired) electrons. The van der Waals surface area contributed by atoms with Gasteiger partial charge in [-0.15, -0.1) is 11.3 Å². The number of thiophene rings is 1. The molecule has 0 unspecified atom stereocenters. The highest BCUT2D eigenvalue weighted by Gasteiger charge is 2.35. The van der Waals surface area contributed by atoms with E-state index < -0.39 is 40.1 Å². The van der Waals surface area contributed by atoms with Gasteiger partial charge in [0.2, 0.25) is 5.69 Å². The first kappa shape index (κ1) is 18.4. The van der Waals surface area contributed by atoms with Gasteiger partial charge in [-0.05, 0) is 17.5 Å². The van der Waals surface area contributed by atoms with Crippen LogP contribution in [0.2, 0.25) is 0 Å². The first-order valence-electron chi connectivity index (χ1n) is 7.03. The molecule has 3 aromatic heterocycles. The number of carbonyl (C=O) groups excluding carboxylic acids is 1. The normalized spacial score (nSPS) is 11.4. The zero-order chi connectivity index (χ0) is 19.8. The van der Waals surface area contributed by atoms with Crippen LogP contribution in [0.3, 0.4) is 0 Å². The predicted molar refractivity (Wildman–Crippen MR) is 85.5 cm³/mol. The highest BCUT2D eigenvalue weighted by molar-refractivity contribution is 7.13. The van der Waals surface area contributed by atoms with Crippen molar-refractivity contribution in [2.75, 3.05) is 7.11 Å². The van der Waals surface area contributed by atoms with Crippen LogP contribution in [0.15, 0.2) is 29.8 Å². The van der Waals surface area contributed by atoms with Crippen LogP contribution in [0.1, 0.15) is 16.2 Å². The van der Waals surface area contributed by atoms with Crippen molar-refractivity contribution in [3.05, 3.63) is 51.3 Å². The summed E-state index contributed by atoms with van der Waals surface area (Å²) in [6.45, 7) is 0. The van der Waals surface area contributed by atoms with Gasteiger partial charge < -0.3 is 4.74 Å². The maximum Gasteiger partial charge on any atom is 0.433 e. The maximum atomic E-state index is 13.2. The molecular weight excluding hydrogens is 391 g/mol. The second kappa shape index (κ2) is 6.75. The minimum Gasteiger partial charge on any atom is -0.464 e. The number of alkyl halides is 3. The monoisotopic (exact) mass is 399 g/mol. The Bertz CT molecular complexity index is 1020. The van der Waals surface area contributed by atoms with Crippen LogP contribution >= 0.6 is 11.3 Å². The molecule has 0 spiro atoms. The summed E-state index contributed by atoms with van der Waals surface area (Å²) in [6, 6.07) is 3.94. The van der Waals surface area contributed by atoms with Gasteiger partial charge in [-0.25, -0.2) is 14.8 Å². The third-order valence-corrected chi connectivity index (χ3v) is 4.15. The van der Waals surface area contributed by atoms with Crippen molar-refractivity contribution in [3.63, 3.8) is 0 Å². The minimum absolute atomic E-state index is 0.0416. The highest BCUT2D eigenvalue weighted by Crippen LogP contribution is 2.32. The standard InChI is InChI=1S/C14H8F3N5O4S/c1-26-12(23)11-8(22(24)25)6-21(20-11)13-18-7(9-3-2-4-27-9)5-10(19-13)14(15,16)17/h2-6H,1H3. The first-order valence-corrected chi connectivity index (χ1v) is 7.91. The molecule has 0 saturated heterocycles. The van der Waals surface area contributed by atoms with Crippen molar-refractivity contribution in [2.45, 2.75) is 6.18 Å². The number of nitrogens with zero attached hydrogens (tertiary/aromatic N) is 5. The largest absolute Gasteiger partial charge is 0.464 e.